The normalized spacial score (nSPS) is 14.1. The summed E-state index contributed by atoms with van der Waals surface area (Å²) in [5.41, 5.74) is 1.52. The zero-order valence-electron chi connectivity index (χ0n) is 12.8. The van der Waals surface area contributed by atoms with Crippen LogP contribution in [0.25, 0.3) is 5.69 Å². The zero-order valence-corrected chi connectivity index (χ0v) is 14.3. The summed E-state index contributed by atoms with van der Waals surface area (Å²) in [6.45, 7) is 0.328. The first-order chi connectivity index (χ1) is 11.6. The van der Waals surface area contributed by atoms with Crippen LogP contribution < -0.4 is 5.69 Å². The summed E-state index contributed by atoms with van der Waals surface area (Å²) in [6.07, 6.45) is 2.15. The minimum atomic E-state index is -0.144. The molecule has 1 aromatic heterocycles. The lowest BCUT2D eigenvalue weighted by molar-refractivity contribution is 0.648. The first-order valence-corrected chi connectivity index (χ1v) is 8.58. The fourth-order valence-corrected chi connectivity index (χ4v) is 3.23. The molecule has 6 heteroatoms. The second-order valence-electron chi connectivity index (χ2n) is 5.98. The molecule has 4 rings (SSSR count). The van der Waals surface area contributed by atoms with Crippen molar-refractivity contribution in [3.63, 3.8) is 0 Å². The SMILES string of the molecule is O=c1n(Cc2ccc(Cl)cc2Cl)nc(C2CC2)n1-c1ccccc1. The third-order valence-corrected chi connectivity index (χ3v) is 4.74. The van der Waals surface area contributed by atoms with Gasteiger partial charge in [0.2, 0.25) is 0 Å². The Bertz CT molecular complexity index is 943. The summed E-state index contributed by atoms with van der Waals surface area (Å²) < 4.78 is 3.19. The largest absolute Gasteiger partial charge is 0.350 e. The Balaban J connectivity index is 1.78. The van der Waals surface area contributed by atoms with Gasteiger partial charge in [-0.2, -0.15) is 5.10 Å². The van der Waals surface area contributed by atoms with Gasteiger partial charge in [0.15, 0.2) is 0 Å². The molecule has 1 saturated carbocycles. The van der Waals surface area contributed by atoms with Crippen molar-refractivity contribution in [2.24, 2.45) is 0 Å². The molecule has 1 aliphatic rings. The second kappa shape index (κ2) is 6.11. The van der Waals surface area contributed by atoms with Crippen LogP contribution in [-0.4, -0.2) is 14.3 Å². The third-order valence-electron chi connectivity index (χ3n) is 4.16. The van der Waals surface area contributed by atoms with Crippen molar-refractivity contribution in [2.75, 3.05) is 0 Å². The van der Waals surface area contributed by atoms with Crippen molar-refractivity contribution >= 4 is 23.2 Å². The van der Waals surface area contributed by atoms with Gasteiger partial charge in [0.25, 0.3) is 0 Å². The van der Waals surface area contributed by atoms with Gasteiger partial charge in [-0.1, -0.05) is 47.5 Å². The minimum Gasteiger partial charge on any atom is -0.247 e. The van der Waals surface area contributed by atoms with E-state index in [2.05, 4.69) is 5.10 Å². The Kier molecular flexibility index (Phi) is 3.94. The standard InChI is InChI=1S/C18H15Cl2N3O/c19-14-9-8-13(16(20)10-14)11-22-18(24)23(15-4-2-1-3-5-15)17(21-22)12-6-7-12/h1-5,8-10,12H,6-7,11H2. The van der Waals surface area contributed by atoms with Gasteiger partial charge in [-0.15, -0.1) is 0 Å². The van der Waals surface area contributed by atoms with Gasteiger partial charge in [-0.25, -0.2) is 14.0 Å². The summed E-state index contributed by atoms with van der Waals surface area (Å²) in [6, 6.07) is 14.9. The molecule has 0 bridgehead atoms. The molecule has 0 spiro atoms. The van der Waals surface area contributed by atoms with Crippen LogP contribution in [0.15, 0.2) is 53.3 Å². The Hall–Kier alpha value is -2.04. The van der Waals surface area contributed by atoms with E-state index in [4.69, 9.17) is 23.2 Å². The average Bonchev–Trinajstić information content (AvgIpc) is 3.36. The van der Waals surface area contributed by atoms with E-state index >= 15 is 0 Å². The quantitative estimate of drug-likeness (QED) is 0.697. The fourth-order valence-electron chi connectivity index (χ4n) is 2.76. The van der Waals surface area contributed by atoms with E-state index < -0.39 is 0 Å². The topological polar surface area (TPSA) is 39.8 Å². The number of hydrogen-bond donors (Lipinski definition) is 0. The van der Waals surface area contributed by atoms with E-state index in [0.29, 0.717) is 22.5 Å². The van der Waals surface area contributed by atoms with E-state index in [1.807, 2.05) is 36.4 Å². The molecule has 3 aromatic rings. The first-order valence-electron chi connectivity index (χ1n) is 7.82. The van der Waals surface area contributed by atoms with E-state index in [1.165, 1.54) is 4.68 Å². The molecule has 0 unspecified atom stereocenters. The van der Waals surface area contributed by atoms with Crippen molar-refractivity contribution in [2.45, 2.75) is 25.3 Å². The smallest absolute Gasteiger partial charge is 0.247 e. The third kappa shape index (κ3) is 2.87. The lowest BCUT2D eigenvalue weighted by Gasteiger charge is -2.04. The van der Waals surface area contributed by atoms with Crippen molar-refractivity contribution in [3.8, 4) is 5.69 Å². The number of halogens is 2. The van der Waals surface area contributed by atoms with Crippen molar-refractivity contribution in [1.82, 2.24) is 14.3 Å². The van der Waals surface area contributed by atoms with Crippen molar-refractivity contribution in [1.29, 1.82) is 0 Å². The highest BCUT2D eigenvalue weighted by atomic mass is 35.5. The molecule has 0 atom stereocenters. The molecule has 24 heavy (non-hydrogen) atoms. The minimum absolute atomic E-state index is 0.144. The van der Waals surface area contributed by atoms with Crippen LogP contribution in [-0.2, 0) is 6.54 Å². The molecular formula is C18H15Cl2N3O. The van der Waals surface area contributed by atoms with Gasteiger partial charge < -0.3 is 0 Å². The van der Waals surface area contributed by atoms with Gasteiger partial charge in [0.1, 0.15) is 5.82 Å². The number of para-hydroxylation sites is 1. The Morgan fingerprint density at radius 1 is 1.08 bits per heavy atom. The van der Waals surface area contributed by atoms with Gasteiger partial charge in [-0.3, -0.25) is 0 Å². The molecule has 0 saturated heterocycles. The highest BCUT2D eigenvalue weighted by Crippen LogP contribution is 2.39. The molecule has 1 aliphatic carbocycles. The zero-order chi connectivity index (χ0) is 16.7. The number of hydrogen-bond acceptors (Lipinski definition) is 2. The second-order valence-corrected chi connectivity index (χ2v) is 6.82. The Morgan fingerprint density at radius 3 is 2.50 bits per heavy atom. The number of benzene rings is 2. The van der Waals surface area contributed by atoms with Crippen LogP contribution in [0.4, 0.5) is 0 Å². The first kappa shape index (κ1) is 15.5. The summed E-state index contributed by atoms with van der Waals surface area (Å²) in [5.74, 6) is 1.19. The predicted octanol–water partition coefficient (Wildman–Crippen LogP) is 4.27. The van der Waals surface area contributed by atoms with Gasteiger partial charge >= 0.3 is 5.69 Å². The summed E-state index contributed by atoms with van der Waals surface area (Å²) >= 11 is 12.2. The maximum absolute atomic E-state index is 12.9. The maximum Gasteiger partial charge on any atom is 0.350 e. The van der Waals surface area contributed by atoms with Crippen LogP contribution >= 0.6 is 23.2 Å². The van der Waals surface area contributed by atoms with Crippen molar-refractivity contribution in [3.05, 3.63) is 80.4 Å². The molecule has 4 nitrogen and oxygen atoms in total. The van der Waals surface area contributed by atoms with Crippen LogP contribution in [0.2, 0.25) is 10.0 Å². The van der Waals surface area contributed by atoms with E-state index in [9.17, 15) is 4.79 Å². The summed E-state index contributed by atoms with van der Waals surface area (Å²) in [4.78, 5) is 12.9. The molecular weight excluding hydrogens is 345 g/mol. The molecule has 0 radical (unpaired) electrons. The molecule has 0 amide bonds. The Morgan fingerprint density at radius 2 is 1.83 bits per heavy atom. The lowest BCUT2D eigenvalue weighted by atomic mass is 10.2. The number of nitrogens with zero attached hydrogens (tertiary/aromatic N) is 3. The molecule has 0 aliphatic heterocycles. The van der Waals surface area contributed by atoms with Crippen LogP contribution in [0.1, 0.15) is 30.1 Å². The van der Waals surface area contributed by atoms with E-state index in [1.54, 1.807) is 16.7 Å². The van der Waals surface area contributed by atoms with Crippen LogP contribution in [0, 0.1) is 0 Å². The molecule has 2 aromatic carbocycles. The molecule has 0 N–H and O–H groups in total. The average molecular weight is 360 g/mol. The summed E-state index contributed by atoms with van der Waals surface area (Å²) in [5, 5.41) is 5.69. The van der Waals surface area contributed by atoms with Crippen LogP contribution in [0.3, 0.4) is 0 Å². The fraction of sp³-hybridized carbons (Fsp3) is 0.222. The highest BCUT2D eigenvalue weighted by Gasteiger charge is 2.31. The number of rotatable bonds is 4. The molecule has 1 fully saturated rings. The predicted molar refractivity (Wildman–Crippen MR) is 95.4 cm³/mol. The van der Waals surface area contributed by atoms with E-state index in [-0.39, 0.29) is 5.69 Å². The molecule has 122 valence electrons. The highest BCUT2D eigenvalue weighted by molar-refractivity contribution is 6.35. The maximum atomic E-state index is 12.9. The van der Waals surface area contributed by atoms with Crippen molar-refractivity contribution < 1.29 is 0 Å². The van der Waals surface area contributed by atoms with Gasteiger partial charge in [0.05, 0.1) is 12.2 Å². The Labute approximate surface area is 149 Å². The summed E-state index contributed by atoms with van der Waals surface area (Å²) in [7, 11) is 0. The van der Waals surface area contributed by atoms with Gasteiger partial charge in [-0.05, 0) is 42.7 Å². The monoisotopic (exact) mass is 359 g/mol. The number of aromatic nitrogens is 3. The molecule has 1 heterocycles. The lowest BCUT2D eigenvalue weighted by Crippen LogP contribution is -2.24. The van der Waals surface area contributed by atoms with E-state index in [0.717, 1.165) is 29.9 Å². The van der Waals surface area contributed by atoms with Gasteiger partial charge in [0, 0.05) is 16.0 Å². The van der Waals surface area contributed by atoms with Crippen LogP contribution in [0.5, 0.6) is 0 Å².